The van der Waals surface area contributed by atoms with Crippen molar-refractivity contribution in [1.82, 2.24) is 15.2 Å². The summed E-state index contributed by atoms with van der Waals surface area (Å²) in [6.45, 7) is 0.621. The van der Waals surface area contributed by atoms with E-state index in [1.807, 2.05) is 18.2 Å². The fourth-order valence-electron chi connectivity index (χ4n) is 1.53. The van der Waals surface area contributed by atoms with Crippen molar-refractivity contribution in [1.29, 1.82) is 0 Å². The number of carbonyl (C=O) groups excluding carboxylic acids is 1. The molecule has 1 heterocycles. The smallest absolute Gasteiger partial charge is 0.293 e. The number of aromatic nitrogens is 3. The van der Waals surface area contributed by atoms with Crippen molar-refractivity contribution < 1.29 is 14.6 Å². The molecule has 1 unspecified atom stereocenters. The largest absolute Gasteiger partial charge is 0.467 e. The van der Waals surface area contributed by atoms with Gasteiger partial charge in [-0.3, -0.25) is 9.89 Å². The molecule has 0 spiro atoms. The molecule has 18 heavy (non-hydrogen) atoms. The minimum absolute atomic E-state index is 0.236. The fourth-order valence-corrected chi connectivity index (χ4v) is 1.53. The van der Waals surface area contributed by atoms with Crippen molar-refractivity contribution in [2.75, 3.05) is 6.61 Å². The van der Waals surface area contributed by atoms with Gasteiger partial charge < -0.3 is 9.84 Å². The Balaban J connectivity index is 2.03. The first-order valence-corrected chi connectivity index (χ1v) is 5.50. The lowest BCUT2D eigenvalue weighted by Crippen LogP contribution is -2.02. The Morgan fingerprint density at radius 2 is 2.17 bits per heavy atom. The molecule has 0 fully saturated rings. The lowest BCUT2D eigenvalue weighted by atomic mass is 10.1. The third kappa shape index (κ3) is 2.92. The summed E-state index contributed by atoms with van der Waals surface area (Å²) < 4.78 is 4.56. The quantitative estimate of drug-likeness (QED) is 0.576. The maximum atomic E-state index is 10.0. The van der Waals surface area contributed by atoms with Crippen LogP contribution in [0.2, 0.25) is 0 Å². The molecule has 0 aliphatic heterocycles. The number of H-pyrrole nitrogens is 1. The average Bonchev–Trinajstić information content (AvgIpc) is 2.88. The Labute approximate surface area is 104 Å². The van der Waals surface area contributed by atoms with Crippen LogP contribution in [0, 0.1) is 0 Å². The number of hydrogen-bond donors (Lipinski definition) is 2. The van der Waals surface area contributed by atoms with Crippen LogP contribution in [-0.2, 0) is 16.0 Å². The molecular formula is C12H13N3O3. The highest BCUT2D eigenvalue weighted by Gasteiger charge is 2.15. The summed E-state index contributed by atoms with van der Waals surface area (Å²) in [4.78, 5) is 14.1. The van der Waals surface area contributed by atoms with Gasteiger partial charge in [-0.25, -0.2) is 4.98 Å². The number of hydrogen-bond acceptors (Lipinski definition) is 5. The van der Waals surface area contributed by atoms with Crippen LogP contribution in [0.25, 0.3) is 0 Å². The van der Waals surface area contributed by atoms with E-state index in [4.69, 9.17) is 0 Å². The van der Waals surface area contributed by atoms with Gasteiger partial charge in [-0.15, -0.1) is 0 Å². The molecule has 0 aliphatic rings. The van der Waals surface area contributed by atoms with Crippen LogP contribution in [0.5, 0.6) is 0 Å². The molecule has 1 aromatic carbocycles. The van der Waals surface area contributed by atoms with Gasteiger partial charge in [0, 0.05) is 6.42 Å². The third-order valence-electron chi connectivity index (χ3n) is 2.43. The molecule has 0 aliphatic carbocycles. The molecule has 0 bridgehead atoms. The van der Waals surface area contributed by atoms with Crippen molar-refractivity contribution >= 4 is 6.47 Å². The minimum Gasteiger partial charge on any atom is -0.467 e. The van der Waals surface area contributed by atoms with E-state index in [1.54, 1.807) is 12.1 Å². The highest BCUT2D eigenvalue weighted by atomic mass is 16.5. The van der Waals surface area contributed by atoms with Crippen LogP contribution in [-0.4, -0.2) is 33.4 Å². The summed E-state index contributed by atoms with van der Waals surface area (Å²) in [7, 11) is 0. The maximum absolute atomic E-state index is 10.0. The van der Waals surface area contributed by atoms with E-state index >= 15 is 0 Å². The van der Waals surface area contributed by atoms with Gasteiger partial charge in [0.2, 0.25) is 0 Å². The number of nitrogens with zero attached hydrogens (tertiary/aromatic N) is 2. The summed E-state index contributed by atoms with van der Waals surface area (Å²) in [5.41, 5.74) is 0.729. The van der Waals surface area contributed by atoms with E-state index in [0.717, 1.165) is 5.56 Å². The highest BCUT2D eigenvalue weighted by molar-refractivity contribution is 5.36. The number of aromatic amines is 1. The summed E-state index contributed by atoms with van der Waals surface area (Å²) >= 11 is 0. The monoisotopic (exact) mass is 247 g/mol. The summed E-state index contributed by atoms with van der Waals surface area (Å²) in [6.07, 6.45) is -0.420. The van der Waals surface area contributed by atoms with E-state index in [-0.39, 0.29) is 6.61 Å². The fraction of sp³-hybridized carbons (Fsp3) is 0.250. The lowest BCUT2D eigenvalue weighted by Gasteiger charge is -2.05. The first-order valence-electron chi connectivity index (χ1n) is 5.50. The predicted octanol–water partition coefficient (Wildman–Crippen LogP) is 0.602. The van der Waals surface area contributed by atoms with E-state index < -0.39 is 6.10 Å². The molecule has 0 radical (unpaired) electrons. The SMILES string of the molecule is O=COCCc1nc(C(O)c2ccccc2)n[nH]1. The molecule has 0 saturated heterocycles. The lowest BCUT2D eigenvalue weighted by molar-refractivity contribution is -0.128. The van der Waals surface area contributed by atoms with Gasteiger partial charge in [0.25, 0.3) is 6.47 Å². The number of ether oxygens (including phenoxy) is 1. The molecule has 2 rings (SSSR count). The molecule has 2 aromatic rings. The van der Waals surface area contributed by atoms with Gasteiger partial charge in [-0.1, -0.05) is 30.3 Å². The standard InChI is InChI=1S/C12H13N3O3/c16-8-18-7-6-10-13-12(15-14-10)11(17)9-4-2-1-3-5-9/h1-5,8,11,17H,6-7H2,(H,13,14,15). The van der Waals surface area contributed by atoms with Crippen LogP contribution >= 0.6 is 0 Å². The number of carbonyl (C=O) groups is 1. The molecule has 0 amide bonds. The maximum Gasteiger partial charge on any atom is 0.293 e. The van der Waals surface area contributed by atoms with Gasteiger partial charge in [-0.05, 0) is 5.56 Å². The van der Waals surface area contributed by atoms with Crippen LogP contribution in [0.3, 0.4) is 0 Å². The number of aliphatic hydroxyl groups excluding tert-OH is 1. The predicted molar refractivity (Wildman–Crippen MR) is 62.6 cm³/mol. The second-order valence-electron chi connectivity index (χ2n) is 3.67. The summed E-state index contributed by atoms with van der Waals surface area (Å²) in [5.74, 6) is 0.879. The van der Waals surface area contributed by atoms with E-state index in [0.29, 0.717) is 24.5 Å². The van der Waals surface area contributed by atoms with Gasteiger partial charge >= 0.3 is 0 Å². The van der Waals surface area contributed by atoms with Crippen molar-refractivity contribution in [3.63, 3.8) is 0 Å². The molecule has 2 N–H and O–H groups in total. The molecule has 6 heteroatoms. The Bertz CT molecular complexity index is 498. The number of aliphatic hydroxyl groups is 1. The second kappa shape index (κ2) is 5.92. The molecule has 0 saturated carbocycles. The van der Waals surface area contributed by atoms with Crippen molar-refractivity contribution in [3.8, 4) is 0 Å². The van der Waals surface area contributed by atoms with Crippen molar-refractivity contribution in [2.45, 2.75) is 12.5 Å². The van der Waals surface area contributed by atoms with Gasteiger partial charge in [0.15, 0.2) is 5.82 Å². The number of rotatable bonds is 6. The molecule has 1 atom stereocenters. The normalized spacial score (nSPS) is 12.1. The zero-order valence-electron chi connectivity index (χ0n) is 9.61. The Kier molecular flexibility index (Phi) is 4.03. The van der Waals surface area contributed by atoms with Crippen LogP contribution in [0.1, 0.15) is 23.3 Å². The zero-order chi connectivity index (χ0) is 12.8. The number of nitrogens with one attached hydrogen (secondary N) is 1. The Morgan fingerprint density at radius 3 is 2.89 bits per heavy atom. The van der Waals surface area contributed by atoms with Gasteiger partial charge in [-0.2, -0.15) is 5.10 Å². The van der Waals surface area contributed by atoms with Crippen LogP contribution in [0.4, 0.5) is 0 Å². The minimum atomic E-state index is -0.858. The van der Waals surface area contributed by atoms with E-state index in [1.165, 1.54) is 0 Å². The molecule has 1 aromatic heterocycles. The first kappa shape index (κ1) is 12.3. The highest BCUT2D eigenvalue weighted by Crippen LogP contribution is 2.17. The van der Waals surface area contributed by atoms with Gasteiger partial charge in [0.1, 0.15) is 11.9 Å². The molecule has 6 nitrogen and oxygen atoms in total. The van der Waals surface area contributed by atoms with E-state index in [2.05, 4.69) is 19.9 Å². The Morgan fingerprint density at radius 1 is 1.39 bits per heavy atom. The van der Waals surface area contributed by atoms with Crippen LogP contribution in [0.15, 0.2) is 30.3 Å². The zero-order valence-corrected chi connectivity index (χ0v) is 9.61. The average molecular weight is 247 g/mol. The first-order chi connectivity index (χ1) is 8.81. The van der Waals surface area contributed by atoms with Gasteiger partial charge in [0.05, 0.1) is 6.61 Å². The molecule has 94 valence electrons. The Hall–Kier alpha value is -2.21. The van der Waals surface area contributed by atoms with Crippen molar-refractivity contribution in [3.05, 3.63) is 47.5 Å². The topological polar surface area (TPSA) is 88.1 Å². The third-order valence-corrected chi connectivity index (χ3v) is 2.43. The number of benzene rings is 1. The molecular weight excluding hydrogens is 234 g/mol. The summed E-state index contributed by atoms with van der Waals surface area (Å²) in [5, 5.41) is 16.7. The van der Waals surface area contributed by atoms with Crippen LogP contribution < -0.4 is 0 Å². The summed E-state index contributed by atoms with van der Waals surface area (Å²) in [6, 6.07) is 9.15. The second-order valence-corrected chi connectivity index (χ2v) is 3.67. The van der Waals surface area contributed by atoms with Crippen molar-refractivity contribution in [2.24, 2.45) is 0 Å². The van der Waals surface area contributed by atoms with E-state index in [9.17, 15) is 9.90 Å².